The van der Waals surface area contributed by atoms with Crippen LogP contribution in [0.2, 0.25) is 0 Å². The smallest absolute Gasteiger partial charge is 0.189 e. The first-order chi connectivity index (χ1) is 6.88. The van der Waals surface area contributed by atoms with E-state index in [1.54, 1.807) is 0 Å². The fourth-order valence-electron chi connectivity index (χ4n) is 1.35. The molecule has 0 saturated heterocycles. The van der Waals surface area contributed by atoms with Crippen LogP contribution in [0.1, 0.15) is 9.61 Å². The maximum atomic E-state index is 2.44. The van der Waals surface area contributed by atoms with Crippen LogP contribution in [-0.4, -0.2) is 0 Å². The van der Waals surface area contributed by atoms with Crippen LogP contribution in [0.3, 0.4) is 0 Å². The van der Waals surface area contributed by atoms with Gasteiger partial charge in [0.1, 0.15) is 0 Å². The second-order valence-corrected chi connectivity index (χ2v) is 4.25. The van der Waals surface area contributed by atoms with E-state index in [-0.39, 0.29) is 0 Å². The van der Waals surface area contributed by atoms with E-state index < -0.39 is 0 Å². The van der Waals surface area contributed by atoms with Crippen LogP contribution in [0.4, 0.5) is 0 Å². The summed E-state index contributed by atoms with van der Waals surface area (Å²) in [6.45, 7) is 0. The Bertz CT molecular complexity index is 346. The number of alkyl halides is 1. The Hall–Kier alpha value is -0.900. The largest absolute Gasteiger partial charge is 0.232 e. The molecule has 0 aliphatic carbocycles. The summed E-state index contributed by atoms with van der Waals surface area (Å²) in [5.41, 5.74) is 1.32. The van der Waals surface area contributed by atoms with Crippen LogP contribution >= 0.6 is 22.6 Å². The highest BCUT2D eigenvalue weighted by Crippen LogP contribution is 2.18. The van der Waals surface area contributed by atoms with Crippen molar-refractivity contribution in [2.75, 3.05) is 0 Å². The summed E-state index contributed by atoms with van der Waals surface area (Å²) in [6, 6.07) is 16.6. The minimum atomic E-state index is 0.370. The Morgan fingerprint density at radius 3 is 2.07 bits per heavy atom. The van der Waals surface area contributed by atoms with Gasteiger partial charge < -0.3 is 0 Å². The van der Waals surface area contributed by atoms with Crippen LogP contribution in [0, 0.1) is 0 Å². The predicted octanol–water partition coefficient (Wildman–Crippen LogP) is 2.96. The molecule has 0 bridgehead atoms. The van der Waals surface area contributed by atoms with Gasteiger partial charge in [0.25, 0.3) is 0 Å². The van der Waals surface area contributed by atoms with Gasteiger partial charge in [-0.15, -0.1) is 0 Å². The zero-order valence-electron chi connectivity index (χ0n) is 7.68. The molecule has 1 aromatic carbocycles. The van der Waals surface area contributed by atoms with Crippen LogP contribution in [0.15, 0.2) is 60.9 Å². The quantitative estimate of drug-likeness (QED) is 0.456. The number of halogens is 1. The normalized spacial score (nSPS) is 12.4. The number of hydrogen-bond acceptors (Lipinski definition) is 0. The van der Waals surface area contributed by atoms with E-state index in [4.69, 9.17) is 0 Å². The van der Waals surface area contributed by atoms with Gasteiger partial charge in [0.2, 0.25) is 4.05 Å². The van der Waals surface area contributed by atoms with E-state index in [9.17, 15) is 0 Å². The molecular weight excluding hydrogens is 285 g/mol. The highest BCUT2D eigenvalue weighted by molar-refractivity contribution is 14.1. The molecule has 1 aromatic heterocycles. The zero-order chi connectivity index (χ0) is 9.80. The number of benzene rings is 1. The van der Waals surface area contributed by atoms with Crippen molar-refractivity contribution in [3.8, 4) is 0 Å². The van der Waals surface area contributed by atoms with Gasteiger partial charge >= 0.3 is 0 Å². The number of aromatic nitrogens is 1. The molecule has 0 saturated carbocycles. The fourth-order valence-corrected chi connectivity index (χ4v) is 2.13. The lowest BCUT2D eigenvalue weighted by Gasteiger charge is -2.04. The minimum Gasteiger partial charge on any atom is -0.189 e. The summed E-state index contributed by atoms with van der Waals surface area (Å²) < 4.78 is 2.56. The van der Waals surface area contributed by atoms with Crippen molar-refractivity contribution in [2.24, 2.45) is 0 Å². The lowest BCUT2D eigenvalue weighted by molar-refractivity contribution is -0.685. The molecular formula is C12H11IN+. The van der Waals surface area contributed by atoms with Crippen molar-refractivity contribution in [1.29, 1.82) is 0 Å². The average Bonchev–Trinajstić information content (AvgIpc) is 2.30. The molecule has 0 N–H and O–H groups in total. The first-order valence-electron chi connectivity index (χ1n) is 4.53. The molecule has 70 valence electrons. The summed E-state index contributed by atoms with van der Waals surface area (Å²) >= 11 is 2.44. The maximum Gasteiger partial charge on any atom is 0.232 e. The standard InChI is InChI=1S/C12H11IN/c13-12(11-7-3-1-4-8-11)14-9-5-2-6-10-14/h1-10,12H/q+1. The molecule has 2 aromatic rings. The van der Waals surface area contributed by atoms with E-state index in [2.05, 4.69) is 75.9 Å². The fraction of sp³-hybridized carbons (Fsp3) is 0.0833. The Balaban J connectivity index is 2.30. The number of hydrogen-bond donors (Lipinski definition) is 0. The summed E-state index contributed by atoms with van der Waals surface area (Å²) in [7, 11) is 0. The first-order valence-corrected chi connectivity index (χ1v) is 5.77. The molecule has 1 unspecified atom stereocenters. The molecule has 1 nitrogen and oxygen atoms in total. The van der Waals surface area contributed by atoms with Gasteiger partial charge in [-0.2, -0.15) is 4.57 Å². The van der Waals surface area contributed by atoms with E-state index in [1.165, 1.54) is 5.56 Å². The molecule has 0 spiro atoms. The Kier molecular flexibility index (Phi) is 3.14. The third-order valence-electron chi connectivity index (χ3n) is 2.08. The Morgan fingerprint density at radius 2 is 1.43 bits per heavy atom. The van der Waals surface area contributed by atoms with E-state index in [0.29, 0.717) is 4.05 Å². The lowest BCUT2D eigenvalue weighted by Crippen LogP contribution is -2.35. The minimum absolute atomic E-state index is 0.370. The molecule has 0 aliphatic rings. The Morgan fingerprint density at radius 1 is 0.857 bits per heavy atom. The van der Waals surface area contributed by atoms with Gasteiger partial charge in [-0.25, -0.2) is 0 Å². The predicted molar refractivity (Wildman–Crippen MR) is 65.2 cm³/mol. The Labute approximate surface area is 97.5 Å². The molecule has 2 rings (SSSR count). The second kappa shape index (κ2) is 4.55. The average molecular weight is 296 g/mol. The summed E-state index contributed by atoms with van der Waals surface area (Å²) in [4.78, 5) is 0. The number of nitrogens with zero attached hydrogens (tertiary/aromatic N) is 1. The highest BCUT2D eigenvalue weighted by atomic mass is 127. The summed E-state index contributed by atoms with van der Waals surface area (Å²) in [6.07, 6.45) is 4.17. The van der Waals surface area contributed by atoms with Gasteiger partial charge in [-0.1, -0.05) is 36.4 Å². The molecule has 2 heteroatoms. The van der Waals surface area contributed by atoms with Crippen molar-refractivity contribution in [2.45, 2.75) is 4.05 Å². The summed E-state index contributed by atoms with van der Waals surface area (Å²) in [5.74, 6) is 0. The van der Waals surface area contributed by atoms with Gasteiger partial charge in [0.15, 0.2) is 12.4 Å². The van der Waals surface area contributed by atoms with Crippen molar-refractivity contribution >= 4 is 22.6 Å². The molecule has 0 amide bonds. The van der Waals surface area contributed by atoms with Crippen molar-refractivity contribution in [3.63, 3.8) is 0 Å². The highest BCUT2D eigenvalue weighted by Gasteiger charge is 2.14. The van der Waals surface area contributed by atoms with Crippen molar-refractivity contribution in [3.05, 3.63) is 66.5 Å². The molecule has 1 heterocycles. The van der Waals surface area contributed by atoms with E-state index >= 15 is 0 Å². The maximum absolute atomic E-state index is 2.44. The van der Waals surface area contributed by atoms with E-state index in [0.717, 1.165) is 0 Å². The molecule has 1 atom stereocenters. The van der Waals surface area contributed by atoms with Crippen molar-refractivity contribution in [1.82, 2.24) is 0 Å². The van der Waals surface area contributed by atoms with Gasteiger partial charge in [-0.3, -0.25) is 0 Å². The molecule has 0 radical (unpaired) electrons. The third kappa shape index (κ3) is 2.12. The van der Waals surface area contributed by atoms with Crippen LogP contribution in [-0.2, 0) is 0 Å². The molecule has 0 fully saturated rings. The number of pyridine rings is 1. The number of rotatable bonds is 2. The van der Waals surface area contributed by atoms with Crippen LogP contribution in [0.5, 0.6) is 0 Å². The van der Waals surface area contributed by atoms with Gasteiger partial charge in [-0.05, 0) is 0 Å². The first kappa shape index (κ1) is 9.65. The monoisotopic (exact) mass is 296 g/mol. The molecule has 14 heavy (non-hydrogen) atoms. The van der Waals surface area contributed by atoms with Crippen molar-refractivity contribution < 1.29 is 4.57 Å². The van der Waals surface area contributed by atoms with E-state index in [1.807, 2.05) is 12.1 Å². The topological polar surface area (TPSA) is 3.88 Å². The van der Waals surface area contributed by atoms with Gasteiger partial charge in [0, 0.05) is 40.3 Å². The SMILES string of the molecule is IC(c1ccccc1)[n+]1ccccc1. The molecule has 0 aliphatic heterocycles. The van der Waals surface area contributed by atoms with Gasteiger partial charge in [0.05, 0.1) is 0 Å². The van der Waals surface area contributed by atoms with Crippen LogP contribution < -0.4 is 4.57 Å². The second-order valence-electron chi connectivity index (χ2n) is 3.07. The third-order valence-corrected chi connectivity index (χ3v) is 3.44. The zero-order valence-corrected chi connectivity index (χ0v) is 9.83. The lowest BCUT2D eigenvalue weighted by atomic mass is 10.2. The van der Waals surface area contributed by atoms with Crippen LogP contribution in [0.25, 0.3) is 0 Å². The summed E-state index contributed by atoms with van der Waals surface area (Å²) in [5, 5.41) is 0.